The molecule has 1 unspecified atom stereocenters. The van der Waals surface area contributed by atoms with Crippen molar-refractivity contribution in [2.75, 3.05) is 11.9 Å². The van der Waals surface area contributed by atoms with Crippen molar-refractivity contribution in [3.63, 3.8) is 0 Å². The molecular weight excluding hydrogens is 398 g/mol. The van der Waals surface area contributed by atoms with Crippen LogP contribution in [0.5, 0.6) is 0 Å². The standard InChI is InChI=1S/C16H18ClN3O4S2/c17-13-7-8-14(25-13)26(22,23)20-9-3-6-12(20)15(21)18-16-10-4-1-2-5-11(10)19-24-16/h7-8,12H,1-6,9H2,(H,18,21). The first-order valence-electron chi connectivity index (χ1n) is 8.52. The monoisotopic (exact) mass is 415 g/mol. The number of thiophene rings is 1. The molecule has 0 bridgehead atoms. The highest BCUT2D eigenvalue weighted by atomic mass is 35.5. The highest BCUT2D eigenvalue weighted by molar-refractivity contribution is 7.91. The van der Waals surface area contributed by atoms with Crippen LogP contribution in [-0.2, 0) is 27.7 Å². The first-order chi connectivity index (χ1) is 12.5. The van der Waals surface area contributed by atoms with Gasteiger partial charge in [-0.3, -0.25) is 10.1 Å². The molecule has 1 amide bonds. The number of nitrogens with one attached hydrogen (secondary N) is 1. The minimum absolute atomic E-state index is 0.152. The normalized spacial score (nSPS) is 20.9. The molecule has 1 aliphatic carbocycles. The Balaban J connectivity index is 1.55. The maximum atomic E-state index is 12.9. The fraction of sp³-hybridized carbons (Fsp3) is 0.500. The average molecular weight is 416 g/mol. The number of anilines is 1. The van der Waals surface area contributed by atoms with Crippen molar-refractivity contribution in [1.82, 2.24) is 9.46 Å². The van der Waals surface area contributed by atoms with Gasteiger partial charge in [0.25, 0.3) is 10.0 Å². The summed E-state index contributed by atoms with van der Waals surface area (Å²) in [6, 6.07) is 2.26. The van der Waals surface area contributed by atoms with E-state index in [4.69, 9.17) is 16.1 Å². The smallest absolute Gasteiger partial charge is 0.253 e. The molecule has 2 aliphatic rings. The largest absolute Gasteiger partial charge is 0.338 e. The Morgan fingerprint density at radius 1 is 1.31 bits per heavy atom. The van der Waals surface area contributed by atoms with E-state index in [1.54, 1.807) is 6.07 Å². The molecule has 0 radical (unpaired) electrons. The molecule has 1 atom stereocenters. The van der Waals surface area contributed by atoms with Crippen molar-refractivity contribution < 1.29 is 17.7 Å². The molecule has 0 saturated carbocycles. The Labute approximate surface area is 160 Å². The van der Waals surface area contributed by atoms with Gasteiger partial charge in [-0.1, -0.05) is 16.8 Å². The number of fused-ring (bicyclic) bond motifs is 1. The highest BCUT2D eigenvalue weighted by Crippen LogP contribution is 2.33. The lowest BCUT2D eigenvalue weighted by Crippen LogP contribution is -2.42. The Morgan fingerprint density at radius 2 is 2.12 bits per heavy atom. The van der Waals surface area contributed by atoms with Gasteiger partial charge in [0.05, 0.1) is 10.0 Å². The summed E-state index contributed by atoms with van der Waals surface area (Å²) in [6.07, 6.45) is 4.85. The number of rotatable bonds is 4. The van der Waals surface area contributed by atoms with E-state index < -0.39 is 16.1 Å². The second-order valence-corrected chi connectivity index (χ2v) is 10.3. The van der Waals surface area contributed by atoms with Crippen LogP contribution < -0.4 is 5.32 Å². The van der Waals surface area contributed by atoms with E-state index >= 15 is 0 Å². The third-order valence-corrected chi connectivity index (χ3v) is 8.42. The third-order valence-electron chi connectivity index (χ3n) is 4.81. The second-order valence-electron chi connectivity index (χ2n) is 6.47. The van der Waals surface area contributed by atoms with Crippen LogP contribution in [0.3, 0.4) is 0 Å². The van der Waals surface area contributed by atoms with Crippen molar-refractivity contribution in [2.24, 2.45) is 0 Å². The van der Waals surface area contributed by atoms with E-state index in [0.717, 1.165) is 48.3 Å². The van der Waals surface area contributed by atoms with Crippen molar-refractivity contribution in [3.8, 4) is 0 Å². The maximum Gasteiger partial charge on any atom is 0.253 e. The van der Waals surface area contributed by atoms with Crippen LogP contribution in [-0.4, -0.2) is 36.4 Å². The van der Waals surface area contributed by atoms with Gasteiger partial charge in [-0.15, -0.1) is 11.3 Å². The Kier molecular flexibility index (Phi) is 4.81. The summed E-state index contributed by atoms with van der Waals surface area (Å²) in [4.78, 5) is 12.8. The molecule has 1 N–H and O–H groups in total. The molecule has 1 fully saturated rings. The van der Waals surface area contributed by atoms with Crippen molar-refractivity contribution in [2.45, 2.75) is 48.8 Å². The van der Waals surface area contributed by atoms with Crippen LogP contribution in [0.1, 0.15) is 36.9 Å². The van der Waals surface area contributed by atoms with Crippen molar-refractivity contribution >= 4 is 44.8 Å². The molecule has 0 aromatic carbocycles. The van der Waals surface area contributed by atoms with Crippen LogP contribution in [0, 0.1) is 0 Å². The molecule has 3 heterocycles. The van der Waals surface area contributed by atoms with E-state index in [-0.39, 0.29) is 10.1 Å². The van der Waals surface area contributed by atoms with Gasteiger partial charge in [0.1, 0.15) is 10.3 Å². The van der Waals surface area contributed by atoms with Crippen LogP contribution >= 0.6 is 22.9 Å². The molecule has 140 valence electrons. The molecule has 7 nitrogen and oxygen atoms in total. The minimum atomic E-state index is -3.75. The molecule has 10 heteroatoms. The Hall–Kier alpha value is -1.42. The molecule has 0 spiro atoms. The zero-order valence-electron chi connectivity index (χ0n) is 13.9. The lowest BCUT2D eigenvalue weighted by atomic mass is 9.97. The van der Waals surface area contributed by atoms with Crippen LogP contribution in [0.4, 0.5) is 5.88 Å². The van der Waals surface area contributed by atoms with Gasteiger partial charge in [-0.25, -0.2) is 8.42 Å². The fourth-order valence-corrected chi connectivity index (χ4v) is 6.79. The number of carbonyl (C=O) groups excluding carboxylic acids is 1. The number of hydrogen-bond acceptors (Lipinski definition) is 6. The summed E-state index contributed by atoms with van der Waals surface area (Å²) in [7, 11) is -3.75. The van der Waals surface area contributed by atoms with E-state index in [1.165, 1.54) is 10.4 Å². The summed E-state index contributed by atoms with van der Waals surface area (Å²) in [5.41, 5.74) is 1.82. The van der Waals surface area contributed by atoms with Crippen LogP contribution in [0.25, 0.3) is 0 Å². The fourth-order valence-electron chi connectivity index (χ4n) is 3.53. The zero-order chi connectivity index (χ0) is 18.3. The lowest BCUT2D eigenvalue weighted by molar-refractivity contribution is -0.119. The van der Waals surface area contributed by atoms with Crippen LogP contribution in [0.15, 0.2) is 20.9 Å². The molecular formula is C16H18ClN3O4S2. The highest BCUT2D eigenvalue weighted by Gasteiger charge is 2.40. The maximum absolute atomic E-state index is 12.9. The molecule has 1 saturated heterocycles. The van der Waals surface area contributed by atoms with Gasteiger partial charge in [0, 0.05) is 12.1 Å². The lowest BCUT2D eigenvalue weighted by Gasteiger charge is -2.22. The molecule has 2 aromatic heterocycles. The van der Waals surface area contributed by atoms with E-state index in [2.05, 4.69) is 10.5 Å². The number of nitrogens with zero attached hydrogens (tertiary/aromatic N) is 2. The number of carbonyl (C=O) groups is 1. The summed E-state index contributed by atoms with van der Waals surface area (Å²) >= 11 is 6.87. The number of halogens is 1. The first kappa shape index (κ1) is 18.0. The Morgan fingerprint density at radius 3 is 2.88 bits per heavy atom. The third kappa shape index (κ3) is 3.17. The number of hydrogen-bond donors (Lipinski definition) is 1. The zero-order valence-corrected chi connectivity index (χ0v) is 16.3. The van der Waals surface area contributed by atoms with Gasteiger partial charge < -0.3 is 4.52 Å². The van der Waals surface area contributed by atoms with Gasteiger partial charge in [-0.2, -0.15) is 4.31 Å². The average Bonchev–Trinajstić information content (AvgIpc) is 3.34. The van der Waals surface area contributed by atoms with E-state index in [9.17, 15) is 13.2 Å². The predicted molar refractivity (Wildman–Crippen MR) is 98.0 cm³/mol. The summed E-state index contributed by atoms with van der Waals surface area (Å²) in [5, 5.41) is 6.77. The Bertz CT molecular complexity index is 937. The minimum Gasteiger partial charge on any atom is -0.338 e. The number of aryl methyl sites for hydroxylation is 1. The van der Waals surface area contributed by atoms with Gasteiger partial charge in [0.15, 0.2) is 0 Å². The summed E-state index contributed by atoms with van der Waals surface area (Å²) in [6.45, 7) is 0.310. The SMILES string of the molecule is O=C(Nc1onc2c1CCCC2)C1CCCN1S(=O)(=O)c1ccc(Cl)s1. The van der Waals surface area contributed by atoms with E-state index in [0.29, 0.717) is 29.6 Å². The second kappa shape index (κ2) is 6.95. The van der Waals surface area contributed by atoms with Gasteiger partial charge in [-0.05, 0) is 50.7 Å². The number of sulfonamides is 1. The molecule has 26 heavy (non-hydrogen) atoms. The topological polar surface area (TPSA) is 92.5 Å². The summed E-state index contributed by atoms with van der Waals surface area (Å²) in [5.74, 6) is -0.0219. The van der Waals surface area contributed by atoms with Gasteiger partial charge in [0.2, 0.25) is 11.8 Å². The van der Waals surface area contributed by atoms with E-state index in [1.807, 2.05) is 0 Å². The first-order valence-corrected chi connectivity index (χ1v) is 11.2. The van der Waals surface area contributed by atoms with Gasteiger partial charge >= 0.3 is 0 Å². The summed E-state index contributed by atoms with van der Waals surface area (Å²) < 4.78 is 32.8. The van der Waals surface area contributed by atoms with Crippen molar-refractivity contribution in [3.05, 3.63) is 27.7 Å². The van der Waals surface area contributed by atoms with Crippen molar-refractivity contribution in [1.29, 1.82) is 0 Å². The predicted octanol–water partition coefficient (Wildman–Crippen LogP) is 3.06. The number of amides is 1. The van der Waals surface area contributed by atoms with Crippen LogP contribution in [0.2, 0.25) is 4.34 Å². The number of aromatic nitrogens is 1. The quantitative estimate of drug-likeness (QED) is 0.828. The molecule has 4 rings (SSSR count). The molecule has 2 aromatic rings. The molecule has 1 aliphatic heterocycles.